The van der Waals surface area contributed by atoms with Gasteiger partial charge in [0.15, 0.2) is 0 Å². The van der Waals surface area contributed by atoms with Crippen LogP contribution in [0.5, 0.6) is 5.75 Å². The molecule has 0 fully saturated rings. The number of amides is 1. The van der Waals surface area contributed by atoms with Crippen molar-refractivity contribution in [2.24, 2.45) is 5.73 Å². The predicted octanol–water partition coefficient (Wildman–Crippen LogP) is 1.77. The minimum Gasteiger partial charge on any atom is -0.421 e. The molecule has 0 saturated carbocycles. The highest BCUT2D eigenvalue weighted by atomic mass is 32.1. The monoisotopic (exact) mass is 262 g/mol. The normalized spacial score (nSPS) is 10.1. The minimum absolute atomic E-state index is 0.197. The van der Waals surface area contributed by atoms with Crippen LogP contribution in [0, 0.1) is 6.92 Å². The molecule has 0 saturated heterocycles. The zero-order valence-electron chi connectivity index (χ0n) is 9.54. The molecule has 5 nitrogen and oxygen atoms in total. The molecular weight excluding hydrogens is 252 g/mol. The Morgan fingerprint density at radius 3 is 2.78 bits per heavy atom. The number of carbonyl (C=O) groups excluding carboxylic acids is 2. The van der Waals surface area contributed by atoms with E-state index >= 15 is 0 Å². The lowest BCUT2D eigenvalue weighted by molar-refractivity contribution is 0.0737. The third kappa shape index (κ3) is 2.54. The number of pyridine rings is 1. The molecule has 2 aromatic rings. The standard InChI is InChI=1S/C12H10N2O3S/c1-7-2-3-18-10(7)12(16)17-9-4-8(11(13)15)5-14-6-9/h2-6H,1H3,(H2,13,15). The number of hydrogen-bond donors (Lipinski definition) is 1. The van der Waals surface area contributed by atoms with Gasteiger partial charge in [-0.3, -0.25) is 9.78 Å². The maximum atomic E-state index is 11.8. The first-order valence-corrected chi connectivity index (χ1v) is 5.97. The summed E-state index contributed by atoms with van der Waals surface area (Å²) >= 11 is 1.30. The summed E-state index contributed by atoms with van der Waals surface area (Å²) in [6.45, 7) is 1.82. The molecule has 2 rings (SSSR count). The van der Waals surface area contributed by atoms with E-state index in [2.05, 4.69) is 4.98 Å². The Kier molecular flexibility index (Phi) is 3.38. The number of primary amides is 1. The molecule has 0 aliphatic carbocycles. The van der Waals surface area contributed by atoms with E-state index in [0.29, 0.717) is 4.88 Å². The van der Waals surface area contributed by atoms with Gasteiger partial charge in [-0.05, 0) is 30.0 Å². The van der Waals surface area contributed by atoms with E-state index in [9.17, 15) is 9.59 Å². The Hall–Kier alpha value is -2.21. The van der Waals surface area contributed by atoms with Crippen molar-refractivity contribution in [3.63, 3.8) is 0 Å². The quantitative estimate of drug-likeness (QED) is 0.854. The molecule has 1 amide bonds. The molecule has 0 bridgehead atoms. The van der Waals surface area contributed by atoms with Gasteiger partial charge in [0.1, 0.15) is 10.6 Å². The number of carbonyl (C=O) groups is 2. The molecule has 2 heterocycles. The fourth-order valence-corrected chi connectivity index (χ4v) is 2.14. The Morgan fingerprint density at radius 2 is 2.17 bits per heavy atom. The van der Waals surface area contributed by atoms with Gasteiger partial charge in [-0.15, -0.1) is 11.3 Å². The number of esters is 1. The van der Waals surface area contributed by atoms with Crippen molar-refractivity contribution >= 4 is 23.2 Å². The first-order valence-electron chi connectivity index (χ1n) is 5.09. The van der Waals surface area contributed by atoms with Crippen LogP contribution in [0.3, 0.4) is 0 Å². The topological polar surface area (TPSA) is 82.3 Å². The van der Waals surface area contributed by atoms with Crippen molar-refractivity contribution in [2.45, 2.75) is 6.92 Å². The van der Waals surface area contributed by atoms with Gasteiger partial charge in [0.25, 0.3) is 0 Å². The van der Waals surface area contributed by atoms with Crippen LogP contribution in [0.2, 0.25) is 0 Å². The van der Waals surface area contributed by atoms with E-state index in [1.807, 2.05) is 18.4 Å². The number of thiophene rings is 1. The van der Waals surface area contributed by atoms with E-state index < -0.39 is 11.9 Å². The molecule has 0 atom stereocenters. The average molecular weight is 262 g/mol. The second-order valence-corrected chi connectivity index (χ2v) is 4.51. The fourth-order valence-electron chi connectivity index (χ4n) is 1.34. The molecule has 18 heavy (non-hydrogen) atoms. The summed E-state index contributed by atoms with van der Waals surface area (Å²) in [4.78, 5) is 27.1. The number of rotatable bonds is 3. The molecular formula is C12H10N2O3S. The van der Waals surface area contributed by atoms with Gasteiger partial charge in [0.05, 0.1) is 11.8 Å². The number of aromatic nitrogens is 1. The number of nitrogens with two attached hydrogens (primary N) is 1. The summed E-state index contributed by atoms with van der Waals surface area (Å²) < 4.78 is 5.13. The maximum absolute atomic E-state index is 11.8. The van der Waals surface area contributed by atoms with Crippen LogP contribution in [0.1, 0.15) is 25.6 Å². The first kappa shape index (κ1) is 12.3. The predicted molar refractivity (Wildman–Crippen MR) is 66.8 cm³/mol. The van der Waals surface area contributed by atoms with Crippen LogP contribution in [-0.4, -0.2) is 16.9 Å². The van der Waals surface area contributed by atoms with Crippen LogP contribution in [0.25, 0.3) is 0 Å². The molecule has 0 aliphatic heterocycles. The molecule has 92 valence electrons. The zero-order valence-corrected chi connectivity index (χ0v) is 10.4. The molecule has 0 spiro atoms. The van der Waals surface area contributed by atoms with Crippen molar-refractivity contribution in [1.29, 1.82) is 0 Å². The molecule has 0 unspecified atom stereocenters. The summed E-state index contributed by atoms with van der Waals surface area (Å²) in [5.74, 6) is -0.886. The highest BCUT2D eigenvalue weighted by Crippen LogP contribution is 2.19. The van der Waals surface area contributed by atoms with E-state index in [-0.39, 0.29) is 11.3 Å². The largest absolute Gasteiger partial charge is 0.421 e. The van der Waals surface area contributed by atoms with Crippen LogP contribution in [-0.2, 0) is 0 Å². The van der Waals surface area contributed by atoms with E-state index in [1.54, 1.807) is 0 Å². The van der Waals surface area contributed by atoms with Crippen LogP contribution >= 0.6 is 11.3 Å². The third-order valence-electron chi connectivity index (χ3n) is 2.26. The number of ether oxygens (including phenoxy) is 1. The van der Waals surface area contributed by atoms with Crippen molar-refractivity contribution in [1.82, 2.24) is 4.98 Å². The van der Waals surface area contributed by atoms with Gasteiger partial charge >= 0.3 is 5.97 Å². The lowest BCUT2D eigenvalue weighted by Gasteiger charge is -2.04. The Balaban J connectivity index is 2.20. The van der Waals surface area contributed by atoms with Gasteiger partial charge in [-0.2, -0.15) is 0 Å². The zero-order chi connectivity index (χ0) is 13.1. The molecule has 2 aromatic heterocycles. The number of hydrogen-bond acceptors (Lipinski definition) is 5. The van der Waals surface area contributed by atoms with Gasteiger partial charge in [-0.1, -0.05) is 0 Å². The highest BCUT2D eigenvalue weighted by Gasteiger charge is 2.14. The molecule has 0 aliphatic rings. The first-order chi connectivity index (χ1) is 8.58. The highest BCUT2D eigenvalue weighted by molar-refractivity contribution is 7.12. The van der Waals surface area contributed by atoms with Crippen LogP contribution in [0.15, 0.2) is 29.9 Å². The average Bonchev–Trinajstić information content (AvgIpc) is 2.76. The number of nitrogens with zero attached hydrogens (tertiary/aromatic N) is 1. The minimum atomic E-state index is -0.618. The van der Waals surface area contributed by atoms with Crippen molar-refractivity contribution < 1.29 is 14.3 Å². The molecule has 6 heteroatoms. The van der Waals surface area contributed by atoms with Crippen LogP contribution in [0.4, 0.5) is 0 Å². The van der Waals surface area contributed by atoms with Gasteiger partial charge < -0.3 is 10.5 Å². The molecule has 0 radical (unpaired) electrons. The fraction of sp³-hybridized carbons (Fsp3) is 0.0833. The van der Waals surface area contributed by atoms with Crippen molar-refractivity contribution in [3.05, 3.63) is 45.9 Å². The third-order valence-corrected chi connectivity index (χ3v) is 3.25. The van der Waals surface area contributed by atoms with Gasteiger partial charge in [0.2, 0.25) is 5.91 Å². The maximum Gasteiger partial charge on any atom is 0.354 e. The van der Waals surface area contributed by atoms with Crippen molar-refractivity contribution in [3.8, 4) is 5.75 Å². The Bertz CT molecular complexity index is 607. The summed E-state index contributed by atoms with van der Waals surface area (Å²) in [5.41, 5.74) is 6.16. The van der Waals surface area contributed by atoms with Crippen molar-refractivity contribution in [2.75, 3.05) is 0 Å². The summed E-state index contributed by atoms with van der Waals surface area (Å²) in [5, 5.41) is 1.81. The lowest BCUT2D eigenvalue weighted by Crippen LogP contribution is -2.13. The molecule has 0 aromatic carbocycles. The molecule has 2 N–H and O–H groups in total. The summed E-state index contributed by atoms with van der Waals surface area (Å²) in [6.07, 6.45) is 2.67. The van der Waals surface area contributed by atoms with E-state index in [1.165, 1.54) is 29.8 Å². The number of aryl methyl sites for hydroxylation is 1. The van der Waals surface area contributed by atoms with Crippen LogP contribution < -0.4 is 10.5 Å². The Labute approximate surface area is 107 Å². The SMILES string of the molecule is Cc1ccsc1C(=O)Oc1cncc(C(N)=O)c1. The summed E-state index contributed by atoms with van der Waals surface area (Å²) in [7, 11) is 0. The smallest absolute Gasteiger partial charge is 0.354 e. The second kappa shape index (κ2) is 4.97. The second-order valence-electron chi connectivity index (χ2n) is 3.60. The lowest BCUT2D eigenvalue weighted by atomic mass is 10.2. The Morgan fingerprint density at radius 1 is 1.39 bits per heavy atom. The van der Waals surface area contributed by atoms with E-state index in [4.69, 9.17) is 10.5 Å². The summed E-state index contributed by atoms with van der Waals surface area (Å²) in [6, 6.07) is 3.22. The van der Waals surface area contributed by atoms with Gasteiger partial charge in [0, 0.05) is 6.20 Å². The van der Waals surface area contributed by atoms with E-state index in [0.717, 1.165) is 5.56 Å². The van der Waals surface area contributed by atoms with Gasteiger partial charge in [-0.25, -0.2) is 4.79 Å².